The Hall–Kier alpha value is -0.850. The number of ketones is 1. The van der Waals surface area contributed by atoms with Crippen LogP contribution in [0, 0.1) is 11.8 Å². The van der Waals surface area contributed by atoms with E-state index in [1.165, 1.54) is 6.08 Å². The molecule has 1 unspecified atom stereocenters. The predicted octanol–water partition coefficient (Wildman–Crippen LogP) is 2.20. The van der Waals surface area contributed by atoms with E-state index >= 15 is 0 Å². The molecule has 1 aliphatic carbocycles. The molecule has 0 aliphatic heterocycles. The third-order valence-corrected chi connectivity index (χ3v) is 2.47. The fourth-order valence-electron chi connectivity index (χ4n) is 1.05. The van der Waals surface area contributed by atoms with Crippen molar-refractivity contribution in [3.63, 3.8) is 0 Å². The fourth-order valence-corrected chi connectivity index (χ4v) is 1.63. The standard InChI is InChI=1S/C11H11BrO2/c1-3-4-7-14-11(2)6-5-10(13)9(12)8-11/h5-6,8H,7H2,1-2H3. The molecular formula is C11H11BrO2. The lowest BCUT2D eigenvalue weighted by Gasteiger charge is -2.24. The van der Waals surface area contributed by atoms with Crippen molar-refractivity contribution in [3.05, 3.63) is 22.7 Å². The predicted molar refractivity (Wildman–Crippen MR) is 59.0 cm³/mol. The van der Waals surface area contributed by atoms with Crippen molar-refractivity contribution in [2.75, 3.05) is 6.61 Å². The lowest BCUT2D eigenvalue weighted by Crippen LogP contribution is -2.27. The van der Waals surface area contributed by atoms with Gasteiger partial charge in [-0.15, -0.1) is 5.92 Å². The molecule has 0 bridgehead atoms. The van der Waals surface area contributed by atoms with Crippen molar-refractivity contribution in [2.45, 2.75) is 19.4 Å². The number of carbonyl (C=O) groups is 1. The molecule has 0 radical (unpaired) electrons. The Labute approximate surface area is 92.1 Å². The van der Waals surface area contributed by atoms with Gasteiger partial charge in [0.25, 0.3) is 0 Å². The second-order valence-electron chi connectivity index (χ2n) is 3.09. The molecule has 0 N–H and O–H groups in total. The fraction of sp³-hybridized carbons (Fsp3) is 0.364. The summed E-state index contributed by atoms with van der Waals surface area (Å²) in [6, 6.07) is 0. The molecule has 0 aromatic rings. The van der Waals surface area contributed by atoms with Gasteiger partial charge in [0.05, 0.1) is 4.48 Å². The molecule has 0 fully saturated rings. The van der Waals surface area contributed by atoms with Crippen molar-refractivity contribution in [3.8, 4) is 11.8 Å². The van der Waals surface area contributed by atoms with Crippen molar-refractivity contribution in [1.29, 1.82) is 0 Å². The molecule has 1 rings (SSSR count). The third kappa shape index (κ3) is 2.83. The molecule has 0 saturated heterocycles. The van der Waals surface area contributed by atoms with E-state index in [0.717, 1.165) is 0 Å². The van der Waals surface area contributed by atoms with Crippen molar-refractivity contribution in [1.82, 2.24) is 0 Å². The van der Waals surface area contributed by atoms with Crippen LogP contribution in [-0.4, -0.2) is 18.0 Å². The van der Waals surface area contributed by atoms with E-state index in [1.54, 1.807) is 19.1 Å². The SMILES string of the molecule is CC#CCOC1(C)C=CC(=O)C(Br)=C1. The first-order valence-electron chi connectivity index (χ1n) is 4.23. The van der Waals surface area contributed by atoms with E-state index in [0.29, 0.717) is 11.1 Å². The zero-order valence-electron chi connectivity index (χ0n) is 8.13. The first-order chi connectivity index (χ1) is 6.57. The molecule has 0 aromatic heterocycles. The van der Waals surface area contributed by atoms with Crippen LogP contribution in [0.2, 0.25) is 0 Å². The zero-order chi connectivity index (χ0) is 10.6. The summed E-state index contributed by atoms with van der Waals surface area (Å²) in [5, 5.41) is 0. The van der Waals surface area contributed by atoms with E-state index in [9.17, 15) is 4.79 Å². The lowest BCUT2D eigenvalue weighted by molar-refractivity contribution is -0.111. The first kappa shape index (κ1) is 11.2. The van der Waals surface area contributed by atoms with E-state index in [-0.39, 0.29) is 5.78 Å². The number of hydrogen-bond donors (Lipinski definition) is 0. The summed E-state index contributed by atoms with van der Waals surface area (Å²) in [6.45, 7) is 4.01. The van der Waals surface area contributed by atoms with Crippen LogP contribution < -0.4 is 0 Å². The second kappa shape index (κ2) is 4.59. The maximum absolute atomic E-state index is 11.1. The molecule has 3 heteroatoms. The Bertz CT molecular complexity index is 357. The molecular weight excluding hydrogens is 244 g/mol. The average Bonchev–Trinajstić information content (AvgIpc) is 2.13. The van der Waals surface area contributed by atoms with Crippen LogP contribution in [0.4, 0.5) is 0 Å². The van der Waals surface area contributed by atoms with Gasteiger partial charge in [0.1, 0.15) is 12.2 Å². The minimum absolute atomic E-state index is 0.0346. The monoisotopic (exact) mass is 254 g/mol. The van der Waals surface area contributed by atoms with E-state index < -0.39 is 5.60 Å². The van der Waals surface area contributed by atoms with Gasteiger partial charge in [0, 0.05) is 0 Å². The van der Waals surface area contributed by atoms with E-state index in [1.807, 2.05) is 6.92 Å². The maximum atomic E-state index is 11.1. The molecule has 2 nitrogen and oxygen atoms in total. The second-order valence-corrected chi connectivity index (χ2v) is 3.94. The largest absolute Gasteiger partial charge is 0.354 e. The molecule has 1 aliphatic rings. The smallest absolute Gasteiger partial charge is 0.192 e. The molecule has 0 saturated carbocycles. The molecule has 1 atom stereocenters. The number of carbonyl (C=O) groups excluding carboxylic acids is 1. The molecule has 0 amide bonds. The Morgan fingerprint density at radius 2 is 2.36 bits per heavy atom. The first-order valence-corrected chi connectivity index (χ1v) is 5.02. The summed E-state index contributed by atoms with van der Waals surface area (Å²) in [6.07, 6.45) is 4.98. The van der Waals surface area contributed by atoms with Crippen LogP contribution in [0.15, 0.2) is 22.7 Å². The van der Waals surface area contributed by atoms with Gasteiger partial charge >= 0.3 is 0 Å². The van der Waals surface area contributed by atoms with Crippen LogP contribution in [0.25, 0.3) is 0 Å². The highest BCUT2D eigenvalue weighted by Gasteiger charge is 2.24. The molecule has 0 spiro atoms. The summed E-state index contributed by atoms with van der Waals surface area (Å²) in [7, 11) is 0. The van der Waals surface area contributed by atoms with Gasteiger partial charge in [-0.1, -0.05) is 5.92 Å². The summed E-state index contributed by atoms with van der Waals surface area (Å²) in [5.74, 6) is 5.52. The van der Waals surface area contributed by atoms with Crippen molar-refractivity contribution >= 4 is 21.7 Å². The lowest BCUT2D eigenvalue weighted by atomic mass is 10.00. The van der Waals surface area contributed by atoms with Gasteiger partial charge in [-0.25, -0.2) is 0 Å². The van der Waals surface area contributed by atoms with Crippen LogP contribution in [0.1, 0.15) is 13.8 Å². The van der Waals surface area contributed by atoms with Gasteiger partial charge in [-0.3, -0.25) is 4.79 Å². The van der Waals surface area contributed by atoms with Crippen LogP contribution in [-0.2, 0) is 9.53 Å². The van der Waals surface area contributed by atoms with E-state index in [4.69, 9.17) is 4.74 Å². The summed E-state index contributed by atoms with van der Waals surface area (Å²) >= 11 is 3.18. The average molecular weight is 255 g/mol. The van der Waals surface area contributed by atoms with Crippen molar-refractivity contribution in [2.24, 2.45) is 0 Å². The van der Waals surface area contributed by atoms with Gasteiger partial charge < -0.3 is 4.74 Å². The molecule has 74 valence electrons. The Kier molecular flexibility index (Phi) is 3.68. The number of allylic oxidation sites excluding steroid dienone is 2. The Morgan fingerprint density at radius 3 is 2.93 bits per heavy atom. The normalized spacial score (nSPS) is 25.4. The highest BCUT2D eigenvalue weighted by molar-refractivity contribution is 9.12. The maximum Gasteiger partial charge on any atom is 0.192 e. The van der Waals surface area contributed by atoms with Gasteiger partial charge in [0.15, 0.2) is 5.78 Å². The number of hydrogen-bond acceptors (Lipinski definition) is 2. The number of halogens is 1. The molecule has 0 aromatic carbocycles. The van der Waals surface area contributed by atoms with Crippen LogP contribution in [0.5, 0.6) is 0 Å². The third-order valence-electron chi connectivity index (χ3n) is 1.85. The molecule has 0 heterocycles. The minimum Gasteiger partial charge on any atom is -0.354 e. The van der Waals surface area contributed by atoms with Gasteiger partial charge in [-0.05, 0) is 48.0 Å². The number of ether oxygens (including phenoxy) is 1. The van der Waals surface area contributed by atoms with Crippen LogP contribution >= 0.6 is 15.9 Å². The summed E-state index contributed by atoms with van der Waals surface area (Å²) in [5.41, 5.74) is -0.531. The van der Waals surface area contributed by atoms with Gasteiger partial charge in [0.2, 0.25) is 0 Å². The highest BCUT2D eigenvalue weighted by Crippen LogP contribution is 2.24. The van der Waals surface area contributed by atoms with Crippen LogP contribution in [0.3, 0.4) is 0 Å². The zero-order valence-corrected chi connectivity index (χ0v) is 9.72. The highest BCUT2D eigenvalue weighted by atomic mass is 79.9. The summed E-state index contributed by atoms with van der Waals surface area (Å²) < 4.78 is 6.04. The quantitative estimate of drug-likeness (QED) is 0.707. The summed E-state index contributed by atoms with van der Waals surface area (Å²) in [4.78, 5) is 11.1. The van der Waals surface area contributed by atoms with Gasteiger partial charge in [-0.2, -0.15) is 0 Å². The van der Waals surface area contributed by atoms with Crippen molar-refractivity contribution < 1.29 is 9.53 Å². The van der Waals surface area contributed by atoms with E-state index in [2.05, 4.69) is 27.8 Å². The number of rotatable bonds is 2. The minimum atomic E-state index is -0.531. The topological polar surface area (TPSA) is 26.3 Å². The Balaban J connectivity index is 2.70. The molecule has 14 heavy (non-hydrogen) atoms. The Morgan fingerprint density at radius 1 is 1.64 bits per heavy atom.